The first-order valence-electron chi connectivity index (χ1n) is 9.81. The number of benzene rings is 3. The molecule has 32 heavy (non-hydrogen) atoms. The third kappa shape index (κ3) is 5.25. The minimum atomic E-state index is -0.536. The fourth-order valence-corrected chi connectivity index (χ4v) is 3.16. The average molecular weight is 450 g/mol. The number of carbonyl (C=O) groups excluding carboxylic acids is 1. The highest BCUT2D eigenvalue weighted by Crippen LogP contribution is 2.28. The van der Waals surface area contributed by atoms with E-state index in [0.29, 0.717) is 34.8 Å². The first-order valence-corrected chi connectivity index (χ1v) is 10.2. The first kappa shape index (κ1) is 21.4. The Balaban J connectivity index is 1.46. The lowest BCUT2D eigenvalue weighted by molar-refractivity contribution is -0.119. The monoisotopic (exact) mass is 449 g/mol. The van der Waals surface area contributed by atoms with Gasteiger partial charge in [0.05, 0.1) is 5.02 Å². The van der Waals surface area contributed by atoms with E-state index in [0.717, 1.165) is 22.3 Å². The zero-order valence-electron chi connectivity index (χ0n) is 17.2. The molecule has 4 rings (SSSR count). The van der Waals surface area contributed by atoms with Gasteiger partial charge < -0.3 is 19.7 Å². The van der Waals surface area contributed by atoms with Gasteiger partial charge in [-0.25, -0.2) is 0 Å². The van der Waals surface area contributed by atoms with Crippen LogP contribution in [0.15, 0.2) is 71.3 Å². The predicted octanol–water partition coefficient (Wildman–Crippen LogP) is 4.81. The topological polar surface area (TPSA) is 100 Å². The van der Waals surface area contributed by atoms with Crippen molar-refractivity contribution in [1.29, 1.82) is 0 Å². The van der Waals surface area contributed by atoms with Crippen LogP contribution >= 0.6 is 11.6 Å². The molecular formula is C24H20ClN3O4. The molecule has 3 aromatic carbocycles. The summed E-state index contributed by atoms with van der Waals surface area (Å²) in [6.07, 6.45) is 0. The summed E-state index contributed by atoms with van der Waals surface area (Å²) in [6, 6.07) is 20.3. The number of hydrogen-bond donors (Lipinski definition) is 1. The number of aromatic nitrogens is 2. The highest BCUT2D eigenvalue weighted by molar-refractivity contribution is 6.32. The van der Waals surface area contributed by atoms with Crippen LogP contribution in [0.1, 0.15) is 11.1 Å². The van der Waals surface area contributed by atoms with Crippen LogP contribution in [0.4, 0.5) is 0 Å². The molecular weight excluding hydrogens is 430 g/mol. The number of ether oxygens (including phenoxy) is 2. The second kappa shape index (κ2) is 9.53. The van der Waals surface area contributed by atoms with Crippen molar-refractivity contribution in [2.24, 2.45) is 5.73 Å². The van der Waals surface area contributed by atoms with Gasteiger partial charge in [-0.2, -0.15) is 4.98 Å². The molecule has 0 fully saturated rings. The van der Waals surface area contributed by atoms with Crippen LogP contribution < -0.4 is 15.2 Å². The molecule has 2 N–H and O–H groups in total. The minimum Gasteiger partial charge on any atom is -0.487 e. The zero-order chi connectivity index (χ0) is 22.5. The second-order valence-electron chi connectivity index (χ2n) is 7.13. The molecule has 162 valence electrons. The largest absolute Gasteiger partial charge is 0.487 e. The Kier molecular flexibility index (Phi) is 6.37. The molecule has 0 unspecified atom stereocenters. The quantitative estimate of drug-likeness (QED) is 0.414. The van der Waals surface area contributed by atoms with Crippen LogP contribution in [0.3, 0.4) is 0 Å². The number of primary amides is 1. The Labute approximate surface area is 189 Å². The molecule has 8 heteroatoms. The van der Waals surface area contributed by atoms with Crippen LogP contribution in [0.2, 0.25) is 5.02 Å². The Morgan fingerprint density at radius 1 is 1.03 bits per heavy atom. The molecule has 4 aromatic rings. The van der Waals surface area contributed by atoms with Crippen molar-refractivity contribution < 1.29 is 18.8 Å². The lowest BCUT2D eigenvalue weighted by Gasteiger charge is -2.09. The van der Waals surface area contributed by atoms with Crippen molar-refractivity contribution in [3.63, 3.8) is 0 Å². The van der Waals surface area contributed by atoms with Gasteiger partial charge in [0.1, 0.15) is 18.1 Å². The van der Waals surface area contributed by atoms with E-state index >= 15 is 0 Å². The van der Waals surface area contributed by atoms with E-state index in [9.17, 15) is 4.79 Å². The number of halogens is 1. The summed E-state index contributed by atoms with van der Waals surface area (Å²) in [5, 5.41) is 4.63. The van der Waals surface area contributed by atoms with E-state index in [2.05, 4.69) is 10.1 Å². The van der Waals surface area contributed by atoms with Crippen LogP contribution in [0.5, 0.6) is 11.5 Å². The molecule has 0 aliphatic rings. The molecule has 0 saturated heterocycles. The Hall–Kier alpha value is -3.84. The van der Waals surface area contributed by atoms with Crippen molar-refractivity contribution in [3.8, 4) is 34.3 Å². The normalized spacial score (nSPS) is 10.7. The fraction of sp³-hybridized carbons (Fsp3) is 0.125. The van der Waals surface area contributed by atoms with Gasteiger partial charge >= 0.3 is 0 Å². The van der Waals surface area contributed by atoms with E-state index in [-0.39, 0.29) is 6.61 Å². The second-order valence-corrected chi connectivity index (χ2v) is 7.53. The highest BCUT2D eigenvalue weighted by Gasteiger charge is 2.12. The lowest BCUT2D eigenvalue weighted by atomic mass is 10.1. The van der Waals surface area contributed by atoms with Gasteiger partial charge in [-0.05, 0) is 66.6 Å². The van der Waals surface area contributed by atoms with Gasteiger partial charge in [-0.3, -0.25) is 4.79 Å². The maximum atomic E-state index is 10.8. The van der Waals surface area contributed by atoms with Gasteiger partial charge in [-0.1, -0.05) is 35.0 Å². The molecule has 0 aliphatic heterocycles. The number of rotatable bonds is 8. The molecule has 7 nitrogen and oxygen atoms in total. The SMILES string of the molecule is Cc1ccc(Cl)c(OCc2cccc(-c3nc(-c4ccc(OCC(N)=O)cc4)no3)c2)c1. The summed E-state index contributed by atoms with van der Waals surface area (Å²) in [5.74, 6) is 1.46. The minimum absolute atomic E-state index is 0.179. The van der Waals surface area contributed by atoms with Gasteiger partial charge in [0, 0.05) is 11.1 Å². The molecule has 1 aromatic heterocycles. The molecule has 0 bridgehead atoms. The summed E-state index contributed by atoms with van der Waals surface area (Å²) in [5.41, 5.74) is 8.62. The van der Waals surface area contributed by atoms with Gasteiger partial charge in [-0.15, -0.1) is 0 Å². The summed E-state index contributed by atoms with van der Waals surface area (Å²) in [4.78, 5) is 15.3. The standard InChI is InChI=1S/C24H20ClN3O4/c1-15-5-10-20(25)21(11-15)31-13-16-3-2-4-18(12-16)24-27-23(28-32-24)17-6-8-19(9-7-17)30-14-22(26)29/h2-12H,13-14H2,1H3,(H2,26,29). The summed E-state index contributed by atoms with van der Waals surface area (Å²) in [7, 11) is 0. The molecule has 0 spiro atoms. The van der Waals surface area contributed by atoms with E-state index in [1.165, 1.54) is 0 Å². The number of hydrogen-bond acceptors (Lipinski definition) is 6. The molecule has 0 radical (unpaired) electrons. The average Bonchev–Trinajstić information content (AvgIpc) is 3.29. The maximum Gasteiger partial charge on any atom is 0.258 e. The zero-order valence-corrected chi connectivity index (χ0v) is 18.0. The number of carbonyl (C=O) groups is 1. The van der Waals surface area contributed by atoms with Crippen molar-refractivity contribution in [2.75, 3.05) is 6.61 Å². The van der Waals surface area contributed by atoms with Gasteiger partial charge in [0.25, 0.3) is 11.8 Å². The summed E-state index contributed by atoms with van der Waals surface area (Å²) in [6.45, 7) is 2.16. The maximum absolute atomic E-state index is 10.8. The van der Waals surface area contributed by atoms with Crippen LogP contribution in [-0.4, -0.2) is 22.7 Å². The molecule has 0 saturated carbocycles. The van der Waals surface area contributed by atoms with Gasteiger partial charge in [0.2, 0.25) is 5.82 Å². The fourth-order valence-electron chi connectivity index (χ4n) is 2.99. The predicted molar refractivity (Wildman–Crippen MR) is 120 cm³/mol. The third-order valence-corrected chi connectivity index (χ3v) is 4.89. The van der Waals surface area contributed by atoms with E-state index in [1.54, 1.807) is 24.3 Å². The molecule has 1 amide bonds. The highest BCUT2D eigenvalue weighted by atomic mass is 35.5. The summed E-state index contributed by atoms with van der Waals surface area (Å²) < 4.78 is 16.6. The number of nitrogens with two attached hydrogens (primary N) is 1. The van der Waals surface area contributed by atoms with E-state index in [4.69, 9.17) is 31.3 Å². The molecule has 0 aliphatic carbocycles. The number of nitrogens with zero attached hydrogens (tertiary/aromatic N) is 2. The smallest absolute Gasteiger partial charge is 0.258 e. The van der Waals surface area contributed by atoms with Crippen molar-refractivity contribution in [1.82, 2.24) is 10.1 Å². The Bertz CT molecular complexity index is 1240. The first-order chi connectivity index (χ1) is 15.5. The number of amides is 1. The summed E-state index contributed by atoms with van der Waals surface area (Å²) >= 11 is 6.21. The van der Waals surface area contributed by atoms with Crippen molar-refractivity contribution >= 4 is 17.5 Å². The molecule has 0 atom stereocenters. The van der Waals surface area contributed by atoms with Crippen molar-refractivity contribution in [3.05, 3.63) is 82.9 Å². The van der Waals surface area contributed by atoms with E-state index < -0.39 is 5.91 Å². The lowest BCUT2D eigenvalue weighted by Crippen LogP contribution is -2.19. The van der Waals surface area contributed by atoms with Crippen LogP contribution in [-0.2, 0) is 11.4 Å². The third-order valence-electron chi connectivity index (χ3n) is 4.57. The van der Waals surface area contributed by atoms with Crippen LogP contribution in [0, 0.1) is 6.92 Å². The molecule has 1 heterocycles. The van der Waals surface area contributed by atoms with Gasteiger partial charge in [0.15, 0.2) is 6.61 Å². The van der Waals surface area contributed by atoms with E-state index in [1.807, 2.05) is 49.4 Å². The van der Waals surface area contributed by atoms with Crippen LogP contribution in [0.25, 0.3) is 22.8 Å². The number of aryl methyl sites for hydroxylation is 1. The van der Waals surface area contributed by atoms with Crippen molar-refractivity contribution in [2.45, 2.75) is 13.5 Å². The Morgan fingerprint density at radius 3 is 2.62 bits per heavy atom. The Morgan fingerprint density at radius 2 is 1.84 bits per heavy atom.